The molecule has 0 bridgehead atoms. The van der Waals surface area contributed by atoms with Gasteiger partial charge in [0, 0.05) is 18.1 Å². The molecule has 1 amide bonds. The third kappa shape index (κ3) is 3.83. The molecule has 1 aromatic heterocycles. The zero-order chi connectivity index (χ0) is 18.0. The highest BCUT2D eigenvalue weighted by Crippen LogP contribution is 2.32. The molecule has 2 atom stereocenters. The fourth-order valence-electron chi connectivity index (χ4n) is 2.91. The molecule has 1 aliphatic rings. The summed E-state index contributed by atoms with van der Waals surface area (Å²) in [7, 11) is 0. The van der Waals surface area contributed by atoms with Gasteiger partial charge in [-0.2, -0.15) is 0 Å². The smallest absolute Gasteiger partial charge is 0.252 e. The molecule has 1 aromatic carbocycles. The Morgan fingerprint density at radius 3 is 2.88 bits per heavy atom. The van der Waals surface area contributed by atoms with E-state index in [0.29, 0.717) is 35.4 Å². The third-order valence-corrected chi connectivity index (χ3v) is 4.10. The number of nitrogens with two attached hydrogens (primary N) is 1. The van der Waals surface area contributed by atoms with Crippen LogP contribution in [0.2, 0.25) is 0 Å². The van der Waals surface area contributed by atoms with E-state index >= 15 is 0 Å². The molecule has 3 rings (SSSR count). The van der Waals surface area contributed by atoms with Crippen molar-refractivity contribution in [2.75, 3.05) is 13.1 Å². The van der Waals surface area contributed by atoms with E-state index in [1.54, 1.807) is 24.4 Å². The van der Waals surface area contributed by atoms with Crippen LogP contribution in [0.1, 0.15) is 30.6 Å². The van der Waals surface area contributed by atoms with Crippen LogP contribution < -0.4 is 20.5 Å². The van der Waals surface area contributed by atoms with Crippen molar-refractivity contribution in [3.63, 3.8) is 0 Å². The predicted octanol–water partition coefficient (Wildman–Crippen LogP) is 1.22. The van der Waals surface area contributed by atoms with Crippen LogP contribution >= 0.6 is 0 Å². The number of piperidine rings is 1. The first-order valence-electron chi connectivity index (χ1n) is 8.40. The zero-order valence-corrected chi connectivity index (χ0v) is 14.4. The molecular formula is C18H23N3O4. The minimum Gasteiger partial charge on any atom is -0.490 e. The van der Waals surface area contributed by atoms with Crippen LogP contribution in [0.3, 0.4) is 0 Å². The number of hydrogen-bond donors (Lipinski definition) is 3. The molecule has 4 N–H and O–H groups in total. The molecular weight excluding hydrogens is 322 g/mol. The Balaban J connectivity index is 2.02. The van der Waals surface area contributed by atoms with Crippen molar-refractivity contribution < 1.29 is 19.4 Å². The second-order valence-electron chi connectivity index (χ2n) is 6.42. The van der Waals surface area contributed by atoms with Crippen molar-refractivity contribution in [2.24, 2.45) is 5.73 Å². The second-order valence-corrected chi connectivity index (χ2v) is 6.42. The van der Waals surface area contributed by atoms with Gasteiger partial charge < -0.3 is 25.6 Å². The molecule has 1 aliphatic heterocycles. The van der Waals surface area contributed by atoms with Gasteiger partial charge in [-0.25, -0.2) is 0 Å². The van der Waals surface area contributed by atoms with Gasteiger partial charge in [-0.3, -0.25) is 9.78 Å². The van der Waals surface area contributed by atoms with Crippen LogP contribution in [0.25, 0.3) is 10.9 Å². The lowest BCUT2D eigenvalue weighted by Gasteiger charge is -2.29. The molecule has 7 heteroatoms. The van der Waals surface area contributed by atoms with Crippen molar-refractivity contribution in [1.82, 2.24) is 10.3 Å². The number of amides is 1. The number of nitrogens with zero attached hydrogens (tertiary/aromatic N) is 1. The Bertz CT molecular complexity index is 778. The van der Waals surface area contributed by atoms with Crippen molar-refractivity contribution in [3.8, 4) is 11.5 Å². The van der Waals surface area contributed by atoms with Gasteiger partial charge in [0.05, 0.1) is 17.2 Å². The topological polar surface area (TPSA) is 107 Å². The largest absolute Gasteiger partial charge is 0.490 e. The van der Waals surface area contributed by atoms with Gasteiger partial charge in [0.15, 0.2) is 0 Å². The maximum atomic E-state index is 11.7. The molecule has 0 radical (unpaired) electrons. The fraction of sp³-hybridized carbons (Fsp3) is 0.444. The molecule has 2 heterocycles. The van der Waals surface area contributed by atoms with Gasteiger partial charge in [0.25, 0.3) is 5.91 Å². The number of nitrogens with one attached hydrogen (secondary N) is 1. The third-order valence-electron chi connectivity index (χ3n) is 4.10. The lowest BCUT2D eigenvalue weighted by atomic mass is 10.1. The highest BCUT2D eigenvalue weighted by Gasteiger charge is 2.25. The van der Waals surface area contributed by atoms with E-state index in [9.17, 15) is 9.90 Å². The molecule has 0 unspecified atom stereocenters. The van der Waals surface area contributed by atoms with Crippen LogP contribution in [0.5, 0.6) is 11.5 Å². The Morgan fingerprint density at radius 1 is 1.40 bits per heavy atom. The lowest BCUT2D eigenvalue weighted by Crippen LogP contribution is -2.46. The van der Waals surface area contributed by atoms with E-state index in [0.717, 1.165) is 6.54 Å². The number of aromatic nitrogens is 1. The fourth-order valence-corrected chi connectivity index (χ4v) is 2.91. The molecule has 1 saturated heterocycles. The molecule has 0 spiro atoms. The summed E-state index contributed by atoms with van der Waals surface area (Å²) >= 11 is 0. The Kier molecular flexibility index (Phi) is 5.06. The number of fused-ring (bicyclic) bond motifs is 1. The van der Waals surface area contributed by atoms with Gasteiger partial charge >= 0.3 is 0 Å². The van der Waals surface area contributed by atoms with Gasteiger partial charge in [-0.05, 0) is 45.0 Å². The summed E-state index contributed by atoms with van der Waals surface area (Å²) in [5, 5.41) is 13.9. The molecule has 0 saturated carbocycles. The summed E-state index contributed by atoms with van der Waals surface area (Å²) in [6, 6.07) is 5.09. The minimum atomic E-state index is -0.576. The van der Waals surface area contributed by atoms with E-state index in [1.807, 2.05) is 13.8 Å². The van der Waals surface area contributed by atoms with Crippen LogP contribution in [0, 0.1) is 0 Å². The average Bonchev–Trinajstić information content (AvgIpc) is 2.56. The van der Waals surface area contributed by atoms with Gasteiger partial charge in [-0.15, -0.1) is 0 Å². The van der Waals surface area contributed by atoms with Crippen molar-refractivity contribution in [2.45, 2.75) is 38.6 Å². The summed E-state index contributed by atoms with van der Waals surface area (Å²) in [6.07, 6.45) is 1.34. The van der Waals surface area contributed by atoms with Crippen LogP contribution in [-0.4, -0.2) is 47.4 Å². The van der Waals surface area contributed by atoms with Gasteiger partial charge in [0.2, 0.25) is 0 Å². The van der Waals surface area contributed by atoms with E-state index in [1.165, 1.54) is 0 Å². The van der Waals surface area contributed by atoms with Crippen molar-refractivity contribution >= 4 is 16.8 Å². The van der Waals surface area contributed by atoms with Crippen molar-refractivity contribution in [3.05, 3.63) is 30.0 Å². The first kappa shape index (κ1) is 17.4. The number of ether oxygens (including phenoxy) is 2. The Labute approximate surface area is 146 Å². The van der Waals surface area contributed by atoms with E-state index in [4.69, 9.17) is 15.2 Å². The lowest BCUT2D eigenvalue weighted by molar-refractivity contribution is 0.0171. The summed E-state index contributed by atoms with van der Waals surface area (Å²) in [4.78, 5) is 16.0. The number of aliphatic hydroxyl groups is 1. The summed E-state index contributed by atoms with van der Waals surface area (Å²) in [5.74, 6) is 0.429. The number of rotatable bonds is 5. The quantitative estimate of drug-likeness (QED) is 0.752. The monoisotopic (exact) mass is 345 g/mol. The second kappa shape index (κ2) is 7.25. The number of carbonyl (C=O) groups excluding carboxylic acids is 1. The summed E-state index contributed by atoms with van der Waals surface area (Å²) < 4.78 is 11.8. The predicted molar refractivity (Wildman–Crippen MR) is 93.9 cm³/mol. The Morgan fingerprint density at radius 2 is 2.20 bits per heavy atom. The normalized spacial score (nSPS) is 20.6. The SMILES string of the molecule is CC(C)Oc1cc2c(O[C@H]3CCNC[C@H]3O)ccnc2cc1C(N)=O. The molecule has 7 nitrogen and oxygen atoms in total. The number of benzene rings is 1. The molecule has 1 fully saturated rings. The maximum Gasteiger partial charge on any atom is 0.252 e. The summed E-state index contributed by atoms with van der Waals surface area (Å²) in [6.45, 7) is 5.04. The number of pyridine rings is 1. The van der Waals surface area contributed by atoms with E-state index in [2.05, 4.69) is 10.3 Å². The highest BCUT2D eigenvalue weighted by molar-refractivity contribution is 6.01. The first-order valence-corrected chi connectivity index (χ1v) is 8.40. The van der Waals surface area contributed by atoms with Crippen LogP contribution in [0.4, 0.5) is 0 Å². The molecule has 25 heavy (non-hydrogen) atoms. The average molecular weight is 345 g/mol. The van der Waals surface area contributed by atoms with Crippen molar-refractivity contribution in [1.29, 1.82) is 0 Å². The zero-order valence-electron chi connectivity index (χ0n) is 14.4. The highest BCUT2D eigenvalue weighted by atomic mass is 16.5. The van der Waals surface area contributed by atoms with E-state index < -0.39 is 12.0 Å². The van der Waals surface area contributed by atoms with Gasteiger partial charge in [-0.1, -0.05) is 0 Å². The van der Waals surface area contributed by atoms with E-state index in [-0.39, 0.29) is 17.8 Å². The number of primary amides is 1. The first-order chi connectivity index (χ1) is 12.0. The molecule has 134 valence electrons. The summed E-state index contributed by atoms with van der Waals surface area (Å²) in [5.41, 5.74) is 6.34. The molecule has 2 aromatic rings. The van der Waals surface area contributed by atoms with Gasteiger partial charge in [0.1, 0.15) is 23.7 Å². The Hall–Kier alpha value is -2.38. The number of hydrogen-bond acceptors (Lipinski definition) is 6. The van der Waals surface area contributed by atoms with Crippen LogP contribution in [0.15, 0.2) is 24.4 Å². The van der Waals surface area contributed by atoms with Crippen LogP contribution in [-0.2, 0) is 0 Å². The minimum absolute atomic E-state index is 0.108. The number of carbonyl (C=O) groups is 1. The number of aliphatic hydroxyl groups excluding tert-OH is 1. The maximum absolute atomic E-state index is 11.7. The standard InChI is InChI=1S/C18H23N3O4/c1-10(2)24-17-8-11-13(7-12(17)18(19)23)21-6-4-15(11)25-16-3-5-20-9-14(16)22/h4,6-8,10,14,16,20,22H,3,5,9H2,1-2H3,(H2,19,23)/t14-,16+/m1/s1. The molecule has 0 aliphatic carbocycles. The number of β-amino-alcohol motifs (C(OH)–C–C–N with tert-alkyl or cyclic N) is 1.